The van der Waals surface area contributed by atoms with Crippen molar-refractivity contribution in [2.45, 2.75) is 50.9 Å². The van der Waals surface area contributed by atoms with Crippen molar-refractivity contribution in [2.24, 2.45) is 0 Å². The van der Waals surface area contributed by atoms with Crippen LogP contribution in [0, 0.1) is 0 Å². The molecule has 0 aliphatic carbocycles. The number of urea groups is 1. The summed E-state index contributed by atoms with van der Waals surface area (Å²) < 4.78 is 23.9. The van der Waals surface area contributed by atoms with Crippen molar-refractivity contribution in [3.8, 4) is 0 Å². The molecule has 1 heterocycles. The molecule has 6 nitrogen and oxygen atoms in total. The van der Waals surface area contributed by atoms with E-state index in [2.05, 4.69) is 29.4 Å². The molecule has 2 amide bonds. The van der Waals surface area contributed by atoms with Crippen LogP contribution in [0.5, 0.6) is 0 Å². The molecule has 1 aromatic rings. The molecule has 2 N–H and O–H groups in total. The first-order valence-corrected chi connectivity index (χ1v) is 10.0. The zero-order valence-electron chi connectivity index (χ0n) is 14.7. The van der Waals surface area contributed by atoms with Gasteiger partial charge >= 0.3 is 6.03 Å². The smallest absolute Gasteiger partial charge is 0.319 e. The lowest BCUT2D eigenvalue weighted by Gasteiger charge is -2.27. The Kier molecular flexibility index (Phi) is 5.74. The molecule has 0 saturated carbocycles. The summed E-state index contributed by atoms with van der Waals surface area (Å²) >= 11 is 0. The van der Waals surface area contributed by atoms with E-state index in [0.29, 0.717) is 24.6 Å². The van der Waals surface area contributed by atoms with Gasteiger partial charge in [-0.05, 0) is 51.8 Å². The number of anilines is 2. The Labute approximate surface area is 144 Å². The number of amides is 2. The van der Waals surface area contributed by atoms with Gasteiger partial charge in [-0.3, -0.25) is 0 Å². The van der Waals surface area contributed by atoms with Crippen LogP contribution in [0.4, 0.5) is 16.2 Å². The monoisotopic (exact) mass is 353 g/mol. The van der Waals surface area contributed by atoms with Crippen LogP contribution in [0.2, 0.25) is 0 Å². The summed E-state index contributed by atoms with van der Waals surface area (Å²) in [6, 6.07) is 7.25. The number of carbonyl (C=O) groups excluding carboxylic acids is 1. The number of rotatable bonds is 4. The topological polar surface area (TPSA) is 78.5 Å². The second-order valence-corrected chi connectivity index (χ2v) is 9.23. The van der Waals surface area contributed by atoms with Gasteiger partial charge in [0.25, 0.3) is 0 Å². The standard InChI is InChI=1S/C17H27N3O3S/c1-12(2)20(4)16-7-5-6-14(10-16)18-17(21)19-15-9-8-13(3)24(22,23)11-15/h5-7,10,12-13,15H,8-9,11H2,1-4H3,(H2,18,19,21). The Hall–Kier alpha value is -1.76. The highest BCUT2D eigenvalue weighted by molar-refractivity contribution is 7.92. The average Bonchev–Trinajstić information content (AvgIpc) is 2.50. The van der Waals surface area contributed by atoms with Crippen molar-refractivity contribution in [2.75, 3.05) is 23.0 Å². The number of sulfone groups is 1. The van der Waals surface area contributed by atoms with Gasteiger partial charge in [0, 0.05) is 30.5 Å². The molecule has 0 spiro atoms. The fraction of sp³-hybridized carbons (Fsp3) is 0.588. The molecule has 1 aliphatic heterocycles. The molecular weight excluding hydrogens is 326 g/mol. The highest BCUT2D eigenvalue weighted by Crippen LogP contribution is 2.21. The van der Waals surface area contributed by atoms with E-state index in [9.17, 15) is 13.2 Å². The third-order valence-electron chi connectivity index (χ3n) is 4.59. The van der Waals surface area contributed by atoms with Crippen LogP contribution in [-0.4, -0.2) is 44.6 Å². The molecule has 2 atom stereocenters. The van der Waals surface area contributed by atoms with E-state index in [1.807, 2.05) is 31.3 Å². The van der Waals surface area contributed by atoms with Crippen molar-refractivity contribution >= 4 is 27.2 Å². The summed E-state index contributed by atoms with van der Waals surface area (Å²) in [5, 5.41) is 5.24. The zero-order chi connectivity index (χ0) is 17.9. The molecule has 1 fully saturated rings. The number of nitrogens with zero attached hydrogens (tertiary/aromatic N) is 1. The van der Waals surface area contributed by atoms with Crippen LogP contribution < -0.4 is 15.5 Å². The third-order valence-corrected chi connectivity index (χ3v) is 6.92. The Morgan fingerprint density at radius 1 is 1.29 bits per heavy atom. The quantitative estimate of drug-likeness (QED) is 0.872. The average molecular weight is 353 g/mol. The molecular formula is C17H27N3O3S. The van der Waals surface area contributed by atoms with Crippen LogP contribution in [-0.2, 0) is 9.84 Å². The Morgan fingerprint density at radius 3 is 2.62 bits per heavy atom. The molecule has 1 aliphatic rings. The highest BCUT2D eigenvalue weighted by Gasteiger charge is 2.31. The fourth-order valence-electron chi connectivity index (χ4n) is 2.71. The van der Waals surface area contributed by atoms with Crippen molar-refractivity contribution in [1.29, 1.82) is 0 Å². The van der Waals surface area contributed by atoms with Gasteiger partial charge in [0.2, 0.25) is 0 Å². The Morgan fingerprint density at radius 2 is 2.00 bits per heavy atom. The van der Waals surface area contributed by atoms with Gasteiger partial charge in [0.15, 0.2) is 9.84 Å². The second kappa shape index (κ2) is 7.42. The predicted molar refractivity (Wildman–Crippen MR) is 98.4 cm³/mol. The normalized spacial score (nSPS) is 22.9. The van der Waals surface area contributed by atoms with Gasteiger partial charge < -0.3 is 15.5 Å². The van der Waals surface area contributed by atoms with Crippen LogP contribution >= 0.6 is 0 Å². The molecule has 24 heavy (non-hydrogen) atoms. The minimum Gasteiger partial charge on any atom is -0.372 e. The van der Waals surface area contributed by atoms with Gasteiger partial charge in [0.1, 0.15) is 0 Å². The molecule has 1 saturated heterocycles. The summed E-state index contributed by atoms with van der Waals surface area (Å²) in [5.41, 5.74) is 1.70. The minimum absolute atomic E-state index is 0.0116. The van der Waals surface area contributed by atoms with E-state index in [1.54, 1.807) is 6.92 Å². The van der Waals surface area contributed by atoms with Gasteiger partial charge in [-0.2, -0.15) is 0 Å². The van der Waals surface area contributed by atoms with Gasteiger partial charge in [-0.1, -0.05) is 6.07 Å². The van der Waals surface area contributed by atoms with Gasteiger partial charge in [0.05, 0.1) is 11.0 Å². The lowest BCUT2D eigenvalue weighted by Crippen LogP contribution is -2.46. The van der Waals surface area contributed by atoms with Gasteiger partial charge in [-0.15, -0.1) is 0 Å². The lowest BCUT2D eigenvalue weighted by atomic mass is 10.1. The molecule has 0 aromatic heterocycles. The van der Waals surface area contributed by atoms with Crippen LogP contribution in [0.15, 0.2) is 24.3 Å². The third kappa shape index (κ3) is 4.63. The number of carbonyl (C=O) groups is 1. The molecule has 0 bridgehead atoms. The minimum atomic E-state index is -3.11. The van der Waals surface area contributed by atoms with E-state index < -0.39 is 9.84 Å². The highest BCUT2D eigenvalue weighted by atomic mass is 32.2. The van der Waals surface area contributed by atoms with E-state index in [4.69, 9.17) is 0 Å². The van der Waals surface area contributed by atoms with Crippen LogP contribution in [0.3, 0.4) is 0 Å². The largest absolute Gasteiger partial charge is 0.372 e. The summed E-state index contributed by atoms with van der Waals surface area (Å²) in [4.78, 5) is 14.3. The second-order valence-electron chi connectivity index (χ2n) is 6.77. The van der Waals surface area contributed by atoms with Crippen LogP contribution in [0.25, 0.3) is 0 Å². The van der Waals surface area contributed by atoms with Gasteiger partial charge in [-0.25, -0.2) is 13.2 Å². The molecule has 1 aromatic carbocycles. The van der Waals surface area contributed by atoms with Crippen molar-refractivity contribution < 1.29 is 13.2 Å². The van der Waals surface area contributed by atoms with Crippen LogP contribution in [0.1, 0.15) is 33.6 Å². The number of hydrogen-bond acceptors (Lipinski definition) is 4. The van der Waals surface area contributed by atoms with E-state index in [0.717, 1.165) is 5.69 Å². The number of nitrogens with one attached hydrogen (secondary N) is 2. The first kappa shape index (κ1) is 18.6. The molecule has 134 valence electrons. The maximum atomic E-state index is 12.2. The first-order valence-electron chi connectivity index (χ1n) is 8.31. The van der Waals surface area contributed by atoms with E-state index in [1.165, 1.54) is 0 Å². The number of hydrogen-bond donors (Lipinski definition) is 2. The fourth-order valence-corrected chi connectivity index (χ4v) is 4.35. The van der Waals surface area contributed by atoms with E-state index in [-0.39, 0.29) is 23.1 Å². The SMILES string of the molecule is CC(C)N(C)c1cccc(NC(=O)NC2CCC(C)S(=O)(=O)C2)c1. The predicted octanol–water partition coefficient (Wildman–Crippen LogP) is 2.62. The van der Waals surface area contributed by atoms with E-state index >= 15 is 0 Å². The Bertz CT molecular complexity index is 688. The van der Waals surface area contributed by atoms with Crippen molar-refractivity contribution in [1.82, 2.24) is 5.32 Å². The van der Waals surface area contributed by atoms with Crippen molar-refractivity contribution in [3.63, 3.8) is 0 Å². The molecule has 2 rings (SSSR count). The summed E-state index contributed by atoms with van der Waals surface area (Å²) in [6.45, 7) is 5.91. The van der Waals surface area contributed by atoms with Crippen molar-refractivity contribution in [3.05, 3.63) is 24.3 Å². The zero-order valence-corrected chi connectivity index (χ0v) is 15.6. The Balaban J connectivity index is 1.97. The molecule has 7 heteroatoms. The first-order chi connectivity index (χ1) is 11.2. The summed E-state index contributed by atoms with van der Waals surface area (Å²) in [5.74, 6) is 0.0116. The summed E-state index contributed by atoms with van der Waals surface area (Å²) in [6.07, 6.45) is 1.27. The molecule has 2 unspecified atom stereocenters. The maximum absolute atomic E-state index is 12.2. The lowest BCUT2D eigenvalue weighted by molar-refractivity contribution is 0.248. The molecule has 0 radical (unpaired) electrons. The maximum Gasteiger partial charge on any atom is 0.319 e. The number of benzene rings is 1. The summed E-state index contributed by atoms with van der Waals surface area (Å²) in [7, 11) is -1.11.